The molecule has 1 aliphatic heterocycles. The number of nitrogens with zero attached hydrogens (tertiary/aromatic N) is 2. The Morgan fingerprint density at radius 1 is 1.07 bits per heavy atom. The van der Waals surface area contributed by atoms with Gasteiger partial charge < -0.3 is 19.3 Å². The van der Waals surface area contributed by atoms with Crippen LogP contribution in [-0.2, 0) is 11.3 Å². The Kier molecular flexibility index (Phi) is 5.00. The van der Waals surface area contributed by atoms with Crippen LogP contribution in [0.5, 0.6) is 0 Å². The molecule has 5 nitrogen and oxygen atoms in total. The van der Waals surface area contributed by atoms with Crippen LogP contribution in [0, 0.1) is 0 Å². The highest BCUT2D eigenvalue weighted by molar-refractivity contribution is 6.42. The van der Waals surface area contributed by atoms with Gasteiger partial charge in [0, 0.05) is 25.0 Å². The van der Waals surface area contributed by atoms with E-state index in [9.17, 15) is 9.90 Å². The molecule has 7 heteroatoms. The van der Waals surface area contributed by atoms with Crippen LogP contribution in [-0.4, -0.2) is 41.9 Å². The van der Waals surface area contributed by atoms with E-state index in [1.165, 1.54) is 0 Å². The molecule has 2 aromatic carbocycles. The molecule has 0 atom stereocenters. The summed E-state index contributed by atoms with van der Waals surface area (Å²) in [5.41, 5.74) is 2.80. The van der Waals surface area contributed by atoms with E-state index in [1.54, 1.807) is 12.1 Å². The van der Waals surface area contributed by atoms with Gasteiger partial charge in [-0.3, -0.25) is 0 Å². The van der Waals surface area contributed by atoms with Gasteiger partial charge in [0.1, 0.15) is 0 Å². The number of hydrogen-bond acceptors (Lipinski definition) is 3. The van der Waals surface area contributed by atoms with Crippen molar-refractivity contribution >= 4 is 45.8 Å². The number of fused-ring (bicyclic) bond motifs is 1. The van der Waals surface area contributed by atoms with Crippen molar-refractivity contribution in [2.75, 3.05) is 31.2 Å². The summed E-state index contributed by atoms with van der Waals surface area (Å²) in [6, 6.07) is 13.1. The summed E-state index contributed by atoms with van der Waals surface area (Å²) in [5.74, 6) is -0.951. The van der Waals surface area contributed by atoms with E-state index in [2.05, 4.69) is 4.90 Å². The van der Waals surface area contributed by atoms with Crippen LogP contribution in [0.15, 0.2) is 42.5 Å². The molecule has 1 saturated heterocycles. The van der Waals surface area contributed by atoms with Gasteiger partial charge in [-0.05, 0) is 23.8 Å². The van der Waals surface area contributed by atoms with Crippen LogP contribution in [0.4, 0.5) is 5.69 Å². The topological polar surface area (TPSA) is 54.7 Å². The van der Waals surface area contributed by atoms with Gasteiger partial charge in [-0.25, -0.2) is 4.79 Å². The minimum absolute atomic E-state index is 0.282. The van der Waals surface area contributed by atoms with Crippen molar-refractivity contribution in [2.45, 2.75) is 6.54 Å². The van der Waals surface area contributed by atoms with Gasteiger partial charge in [-0.15, -0.1) is 0 Å². The van der Waals surface area contributed by atoms with E-state index in [4.69, 9.17) is 27.9 Å². The fourth-order valence-electron chi connectivity index (χ4n) is 3.59. The third kappa shape index (κ3) is 3.38. The SMILES string of the molecule is O=C(O)c1c(N2CCOCC2)c2ccccc2n1Cc1ccc(Cl)c(Cl)c1. The molecule has 0 spiro atoms. The molecule has 4 rings (SSSR count). The van der Waals surface area contributed by atoms with Crippen LogP contribution in [0.3, 0.4) is 0 Å². The summed E-state index contributed by atoms with van der Waals surface area (Å²) >= 11 is 12.2. The molecular formula is C20H18Cl2N2O3. The molecule has 1 aromatic heterocycles. The molecule has 0 bridgehead atoms. The van der Waals surface area contributed by atoms with E-state index in [1.807, 2.05) is 34.9 Å². The molecule has 1 N–H and O–H groups in total. The Morgan fingerprint density at radius 3 is 2.52 bits per heavy atom. The number of para-hydroxylation sites is 1. The van der Waals surface area contributed by atoms with Crippen molar-refractivity contribution in [2.24, 2.45) is 0 Å². The number of aromatic nitrogens is 1. The Balaban J connectivity index is 1.89. The number of hydrogen-bond donors (Lipinski definition) is 1. The molecule has 1 aliphatic rings. The molecule has 27 heavy (non-hydrogen) atoms. The Morgan fingerprint density at radius 2 is 1.81 bits per heavy atom. The van der Waals surface area contributed by atoms with Crippen molar-refractivity contribution in [3.63, 3.8) is 0 Å². The van der Waals surface area contributed by atoms with Gasteiger partial charge in [0.15, 0.2) is 5.69 Å². The van der Waals surface area contributed by atoms with Crippen LogP contribution >= 0.6 is 23.2 Å². The van der Waals surface area contributed by atoms with Crippen LogP contribution in [0.1, 0.15) is 16.1 Å². The largest absolute Gasteiger partial charge is 0.477 e. The molecule has 3 aromatic rings. The first kappa shape index (κ1) is 18.2. The average Bonchev–Trinajstić information content (AvgIpc) is 3.00. The molecule has 140 valence electrons. The fourth-order valence-corrected chi connectivity index (χ4v) is 3.91. The van der Waals surface area contributed by atoms with Crippen molar-refractivity contribution in [3.8, 4) is 0 Å². The van der Waals surface area contributed by atoms with E-state index in [-0.39, 0.29) is 5.69 Å². The number of anilines is 1. The second-order valence-electron chi connectivity index (χ2n) is 6.45. The molecule has 0 saturated carbocycles. The fraction of sp³-hybridized carbons (Fsp3) is 0.250. The van der Waals surface area contributed by atoms with E-state index in [0.717, 1.165) is 22.2 Å². The first-order valence-corrected chi connectivity index (χ1v) is 9.43. The zero-order chi connectivity index (χ0) is 19.0. The summed E-state index contributed by atoms with van der Waals surface area (Å²) in [5, 5.41) is 11.9. The lowest BCUT2D eigenvalue weighted by atomic mass is 10.2. The van der Waals surface area contributed by atoms with Gasteiger partial charge >= 0.3 is 5.97 Å². The maximum Gasteiger partial charge on any atom is 0.354 e. The lowest BCUT2D eigenvalue weighted by Crippen LogP contribution is -2.37. The highest BCUT2D eigenvalue weighted by Gasteiger charge is 2.27. The van der Waals surface area contributed by atoms with Gasteiger partial charge in [-0.2, -0.15) is 0 Å². The maximum absolute atomic E-state index is 12.2. The zero-order valence-electron chi connectivity index (χ0n) is 14.5. The van der Waals surface area contributed by atoms with Crippen LogP contribution in [0.25, 0.3) is 10.9 Å². The van der Waals surface area contributed by atoms with E-state index >= 15 is 0 Å². The van der Waals surface area contributed by atoms with Gasteiger partial charge in [0.05, 0.1) is 34.5 Å². The van der Waals surface area contributed by atoms with E-state index < -0.39 is 5.97 Å². The first-order chi connectivity index (χ1) is 13.1. The quantitative estimate of drug-likeness (QED) is 0.693. The zero-order valence-corrected chi connectivity index (χ0v) is 16.0. The Labute approximate surface area is 166 Å². The molecule has 0 aliphatic carbocycles. The van der Waals surface area contributed by atoms with Gasteiger partial charge in [0.2, 0.25) is 0 Å². The Bertz CT molecular complexity index is 1010. The summed E-state index contributed by atoms with van der Waals surface area (Å²) in [7, 11) is 0. The number of morpholine rings is 1. The van der Waals surface area contributed by atoms with E-state index in [0.29, 0.717) is 42.9 Å². The van der Waals surface area contributed by atoms with Crippen molar-refractivity contribution in [1.82, 2.24) is 4.57 Å². The number of carboxylic acids is 1. The predicted octanol–water partition coefficient (Wildman–Crippen LogP) is 4.53. The number of carbonyl (C=O) groups is 1. The Hall–Kier alpha value is -2.21. The number of rotatable bonds is 4. The highest BCUT2D eigenvalue weighted by Crippen LogP contribution is 2.35. The lowest BCUT2D eigenvalue weighted by molar-refractivity contribution is 0.0685. The minimum Gasteiger partial charge on any atom is -0.477 e. The van der Waals surface area contributed by atoms with Crippen molar-refractivity contribution in [1.29, 1.82) is 0 Å². The van der Waals surface area contributed by atoms with Crippen LogP contribution < -0.4 is 4.90 Å². The molecule has 0 radical (unpaired) electrons. The second kappa shape index (κ2) is 7.43. The molecule has 1 fully saturated rings. The summed E-state index contributed by atoms with van der Waals surface area (Å²) in [6.45, 7) is 2.90. The van der Waals surface area contributed by atoms with Gasteiger partial charge in [-0.1, -0.05) is 47.5 Å². The highest BCUT2D eigenvalue weighted by atomic mass is 35.5. The van der Waals surface area contributed by atoms with Crippen LogP contribution in [0.2, 0.25) is 10.0 Å². The van der Waals surface area contributed by atoms with Crippen molar-refractivity contribution in [3.05, 3.63) is 63.8 Å². The lowest BCUT2D eigenvalue weighted by Gasteiger charge is -2.29. The number of halogens is 2. The smallest absolute Gasteiger partial charge is 0.354 e. The first-order valence-electron chi connectivity index (χ1n) is 8.67. The predicted molar refractivity (Wildman–Crippen MR) is 107 cm³/mol. The summed E-state index contributed by atoms with van der Waals surface area (Å²) in [4.78, 5) is 14.3. The standard InChI is InChI=1S/C20H18Cl2N2O3/c21-15-6-5-13(11-16(15)22)12-24-17-4-2-1-3-14(17)18(19(24)20(25)26)23-7-9-27-10-8-23/h1-6,11H,7-10,12H2,(H,25,26). The normalized spacial score (nSPS) is 14.7. The number of aromatic carboxylic acids is 1. The average molecular weight is 405 g/mol. The summed E-state index contributed by atoms with van der Waals surface area (Å²) in [6.07, 6.45) is 0. The third-order valence-corrected chi connectivity index (χ3v) is 5.54. The van der Waals surface area contributed by atoms with Gasteiger partial charge in [0.25, 0.3) is 0 Å². The minimum atomic E-state index is -0.951. The number of carboxylic acid groups (broad SMARTS) is 1. The monoisotopic (exact) mass is 404 g/mol. The maximum atomic E-state index is 12.2. The third-order valence-electron chi connectivity index (χ3n) is 4.80. The summed E-state index contributed by atoms with van der Waals surface area (Å²) < 4.78 is 7.27. The molecule has 0 unspecified atom stereocenters. The number of ether oxygens (including phenoxy) is 1. The molecular weight excluding hydrogens is 387 g/mol. The number of benzene rings is 2. The second-order valence-corrected chi connectivity index (χ2v) is 7.27. The molecule has 2 heterocycles. The molecule has 0 amide bonds. The van der Waals surface area contributed by atoms with Crippen molar-refractivity contribution < 1.29 is 14.6 Å².